The number of benzene rings is 5. The van der Waals surface area contributed by atoms with Gasteiger partial charge in [-0.1, -0.05) is 78.9 Å². The highest BCUT2D eigenvalue weighted by atomic mass is 31.2. The van der Waals surface area contributed by atoms with Crippen LogP contribution in [0.3, 0.4) is 0 Å². The van der Waals surface area contributed by atoms with Crippen molar-refractivity contribution < 1.29 is 4.57 Å². The molecule has 1 unspecified atom stereocenters. The maximum absolute atomic E-state index is 15.6. The van der Waals surface area contributed by atoms with Crippen LogP contribution in [-0.4, -0.2) is 4.98 Å². The fourth-order valence-electron chi connectivity index (χ4n) is 6.12. The van der Waals surface area contributed by atoms with E-state index in [1.165, 1.54) is 0 Å². The number of pyridine rings is 1. The van der Waals surface area contributed by atoms with Crippen LogP contribution in [0, 0.1) is 0 Å². The van der Waals surface area contributed by atoms with E-state index in [9.17, 15) is 0 Å². The average Bonchev–Trinajstić information content (AvgIpc) is 3.02. The van der Waals surface area contributed by atoms with Crippen LogP contribution < -0.4 is 15.3 Å². The molecule has 0 amide bonds. The molecule has 2 aliphatic rings. The highest BCUT2D eigenvalue weighted by Gasteiger charge is 2.47. The van der Waals surface area contributed by atoms with Crippen LogP contribution >= 0.6 is 7.29 Å². The van der Waals surface area contributed by atoms with Crippen LogP contribution in [0.4, 0.5) is 11.4 Å². The van der Waals surface area contributed by atoms with Crippen LogP contribution in [0.5, 0.6) is 0 Å². The van der Waals surface area contributed by atoms with Crippen LogP contribution in [0.15, 0.2) is 140 Å². The van der Waals surface area contributed by atoms with Crippen LogP contribution in [0.1, 0.15) is 0 Å². The van der Waals surface area contributed by atoms with E-state index in [-0.39, 0.29) is 0 Å². The standard InChI is InChI=1S/C35H23N2OP/c38-39-34-12-6-4-10-28(34)30-22-26(24-8-2-1-3-9-24)14-16-32(30)37(39)33-17-15-27(25-18-20-36-21-19-25)23-31(33)29-11-5-7-13-35(29)39/h1-23H. The zero-order valence-corrected chi connectivity index (χ0v) is 21.9. The zero-order chi connectivity index (χ0) is 26.0. The molecule has 3 nitrogen and oxygen atoms in total. The molecular formula is C35H23N2OP. The first-order chi connectivity index (χ1) is 19.2. The Morgan fingerprint density at radius 3 is 1.51 bits per heavy atom. The monoisotopic (exact) mass is 518 g/mol. The maximum Gasteiger partial charge on any atom is 0.235 e. The van der Waals surface area contributed by atoms with Gasteiger partial charge in [-0.05, 0) is 81.9 Å². The van der Waals surface area contributed by atoms with Gasteiger partial charge in [-0.15, -0.1) is 0 Å². The summed E-state index contributed by atoms with van der Waals surface area (Å²) in [5, 5.41) is 1.77. The minimum Gasteiger partial charge on any atom is -0.289 e. The van der Waals surface area contributed by atoms with Crippen molar-refractivity contribution in [1.82, 2.24) is 4.98 Å². The van der Waals surface area contributed by atoms with E-state index in [4.69, 9.17) is 0 Å². The fraction of sp³-hybridized carbons (Fsp3) is 0. The first-order valence-electron chi connectivity index (χ1n) is 13.1. The smallest absolute Gasteiger partial charge is 0.235 e. The topological polar surface area (TPSA) is 33.2 Å². The molecule has 0 radical (unpaired) electrons. The van der Waals surface area contributed by atoms with E-state index in [2.05, 4.69) is 82.5 Å². The van der Waals surface area contributed by atoms with Gasteiger partial charge in [0.05, 0.1) is 11.4 Å². The van der Waals surface area contributed by atoms with Crippen molar-refractivity contribution in [3.63, 3.8) is 0 Å². The predicted octanol–water partition coefficient (Wildman–Crippen LogP) is 8.44. The second-order valence-electron chi connectivity index (χ2n) is 9.99. The summed E-state index contributed by atoms with van der Waals surface area (Å²) in [5.74, 6) is 0. The van der Waals surface area contributed by atoms with Gasteiger partial charge in [0.25, 0.3) is 0 Å². The molecule has 1 atom stereocenters. The Balaban J connectivity index is 1.43. The highest BCUT2D eigenvalue weighted by Crippen LogP contribution is 2.66. The molecule has 184 valence electrons. The lowest BCUT2D eigenvalue weighted by Crippen LogP contribution is -2.37. The molecule has 1 aromatic heterocycles. The molecule has 0 saturated heterocycles. The third-order valence-corrected chi connectivity index (χ3v) is 11.0. The number of rotatable bonds is 2. The molecule has 8 rings (SSSR count). The van der Waals surface area contributed by atoms with Crippen LogP contribution in [0.25, 0.3) is 44.5 Å². The Kier molecular flexibility index (Phi) is 4.79. The second-order valence-corrected chi connectivity index (χ2v) is 12.5. The largest absolute Gasteiger partial charge is 0.289 e. The zero-order valence-electron chi connectivity index (χ0n) is 21.0. The molecule has 0 N–H and O–H groups in total. The molecule has 0 aliphatic carbocycles. The molecular weight excluding hydrogens is 495 g/mol. The first-order valence-corrected chi connectivity index (χ1v) is 14.7. The Morgan fingerprint density at radius 1 is 0.462 bits per heavy atom. The third kappa shape index (κ3) is 3.17. The average molecular weight is 519 g/mol. The number of nitrogens with zero attached hydrogens (tertiary/aromatic N) is 2. The Bertz CT molecular complexity index is 1810. The molecule has 4 heteroatoms. The number of fused-ring (bicyclic) bond motifs is 11. The minimum absolute atomic E-state index is 0.884. The summed E-state index contributed by atoms with van der Waals surface area (Å²) < 4.78 is 17.7. The molecule has 0 fully saturated rings. The van der Waals surface area contributed by atoms with Crippen molar-refractivity contribution in [2.75, 3.05) is 4.67 Å². The fourth-order valence-corrected chi connectivity index (χ4v) is 9.38. The molecule has 2 aliphatic heterocycles. The Labute approximate surface area is 227 Å². The van der Waals surface area contributed by atoms with Gasteiger partial charge in [0.2, 0.25) is 7.29 Å². The normalized spacial score (nSPS) is 16.4. The molecule has 6 aromatic rings. The summed E-state index contributed by atoms with van der Waals surface area (Å²) in [5.41, 5.74) is 10.7. The van der Waals surface area contributed by atoms with E-state index in [1.54, 1.807) is 0 Å². The van der Waals surface area contributed by atoms with Crippen molar-refractivity contribution in [3.05, 3.63) is 140 Å². The van der Waals surface area contributed by atoms with Crippen molar-refractivity contribution in [2.24, 2.45) is 0 Å². The number of anilines is 2. The van der Waals surface area contributed by atoms with Crippen LogP contribution in [0.2, 0.25) is 0 Å². The maximum atomic E-state index is 15.6. The van der Waals surface area contributed by atoms with Crippen LogP contribution in [-0.2, 0) is 4.57 Å². The SMILES string of the molecule is O=P12c3ccccc3-c3cc(-c4ccccc4)ccc3N1c1ccc(-c3ccncc3)cc1-c1ccccc12. The summed E-state index contributed by atoms with van der Waals surface area (Å²) in [6.45, 7) is 0. The quantitative estimate of drug-likeness (QED) is 0.216. The van der Waals surface area contributed by atoms with E-state index in [1.807, 2.05) is 67.0 Å². The second kappa shape index (κ2) is 8.39. The summed E-state index contributed by atoms with van der Waals surface area (Å²) in [7, 11) is -3.21. The van der Waals surface area contributed by atoms with E-state index < -0.39 is 7.29 Å². The summed E-state index contributed by atoms with van der Waals surface area (Å²) in [6, 6.07) is 43.9. The van der Waals surface area contributed by atoms with Crippen molar-refractivity contribution in [1.29, 1.82) is 0 Å². The van der Waals surface area contributed by atoms with Gasteiger partial charge in [-0.25, -0.2) is 0 Å². The van der Waals surface area contributed by atoms with Gasteiger partial charge in [0.1, 0.15) is 0 Å². The third-order valence-electron chi connectivity index (χ3n) is 7.89. The Hall–Kier alpha value is -4.72. The van der Waals surface area contributed by atoms with E-state index in [0.29, 0.717) is 0 Å². The molecule has 0 bridgehead atoms. The highest BCUT2D eigenvalue weighted by molar-refractivity contribution is 7.81. The predicted molar refractivity (Wildman–Crippen MR) is 161 cm³/mol. The van der Waals surface area contributed by atoms with Gasteiger partial charge in [-0.3, -0.25) is 14.2 Å². The molecule has 5 aromatic carbocycles. The number of hydrogen-bond donors (Lipinski definition) is 0. The lowest BCUT2D eigenvalue weighted by atomic mass is 9.95. The lowest BCUT2D eigenvalue weighted by Gasteiger charge is -2.44. The minimum atomic E-state index is -3.21. The van der Waals surface area contributed by atoms with Gasteiger partial charge >= 0.3 is 0 Å². The van der Waals surface area contributed by atoms with Gasteiger partial charge in [0, 0.05) is 34.1 Å². The van der Waals surface area contributed by atoms with Gasteiger partial charge in [-0.2, -0.15) is 0 Å². The number of hydrogen-bond acceptors (Lipinski definition) is 2. The number of aromatic nitrogens is 1. The van der Waals surface area contributed by atoms with Crippen molar-refractivity contribution in [3.8, 4) is 44.5 Å². The lowest BCUT2D eigenvalue weighted by molar-refractivity contribution is 0.586. The van der Waals surface area contributed by atoms with Gasteiger partial charge in [0.15, 0.2) is 0 Å². The summed E-state index contributed by atoms with van der Waals surface area (Å²) in [4.78, 5) is 4.19. The molecule has 0 spiro atoms. The van der Waals surface area contributed by atoms with Gasteiger partial charge < -0.3 is 0 Å². The molecule has 3 heterocycles. The van der Waals surface area contributed by atoms with E-state index >= 15 is 4.57 Å². The van der Waals surface area contributed by atoms with E-state index in [0.717, 1.165) is 66.5 Å². The molecule has 39 heavy (non-hydrogen) atoms. The summed E-state index contributed by atoms with van der Waals surface area (Å²) >= 11 is 0. The summed E-state index contributed by atoms with van der Waals surface area (Å²) in [6.07, 6.45) is 3.64. The molecule has 0 saturated carbocycles. The van der Waals surface area contributed by atoms with Crippen molar-refractivity contribution in [2.45, 2.75) is 0 Å². The van der Waals surface area contributed by atoms with Crippen molar-refractivity contribution >= 4 is 29.3 Å². The first kappa shape index (κ1) is 22.3. The Morgan fingerprint density at radius 2 is 0.949 bits per heavy atom.